The Hall–Kier alpha value is -1.73. The summed E-state index contributed by atoms with van der Waals surface area (Å²) in [7, 11) is 2.20. The van der Waals surface area contributed by atoms with Crippen LogP contribution in [0.1, 0.15) is 51.0 Å². The molecule has 0 unspecified atom stereocenters. The van der Waals surface area contributed by atoms with E-state index in [4.69, 9.17) is 4.74 Å². The first-order chi connectivity index (χ1) is 14.4. The van der Waals surface area contributed by atoms with Gasteiger partial charge in [0.15, 0.2) is 0 Å². The number of allylic oxidation sites excluding steroid dienone is 1. The Balaban J connectivity index is 0.00000480. The number of nitrogens with zero attached hydrogens (tertiary/aromatic N) is 2. The molecule has 5 nitrogen and oxygen atoms in total. The maximum absolute atomic E-state index is 13.1. The van der Waals surface area contributed by atoms with Crippen LogP contribution in [-0.2, 0) is 20.9 Å². The number of unbranched alkanes of at least 4 members (excludes halogenated alkanes) is 5. The molecule has 1 amide bonds. The Morgan fingerprint density at radius 2 is 1.68 bits per heavy atom. The van der Waals surface area contributed by atoms with E-state index in [-0.39, 0.29) is 34.7 Å². The topological polar surface area (TPSA) is 46.6 Å². The quantitative estimate of drug-likeness (QED) is 0.198. The van der Waals surface area contributed by atoms with Crippen LogP contribution in [0.25, 0.3) is 0 Å². The second kappa shape index (κ2) is 14.4. The third kappa shape index (κ3) is 10.9. The smallest absolute Gasteiger partial charge is 0.302 e. The van der Waals surface area contributed by atoms with E-state index >= 15 is 0 Å². The van der Waals surface area contributed by atoms with Gasteiger partial charge in [-0.3, -0.25) is 9.59 Å². The largest absolute Gasteiger partial charge is 1.00 e. The van der Waals surface area contributed by atoms with Gasteiger partial charge in [0.05, 0.1) is 39.8 Å². The molecule has 31 heavy (non-hydrogen) atoms. The van der Waals surface area contributed by atoms with E-state index in [2.05, 4.69) is 7.05 Å². The molecule has 0 N–H and O–H groups in total. The maximum Gasteiger partial charge on any atom is 0.302 e. The molecule has 0 saturated carbocycles. The summed E-state index contributed by atoms with van der Waals surface area (Å²) in [5.74, 6) is -0.317. The number of esters is 1. The lowest BCUT2D eigenvalue weighted by Crippen LogP contribution is -3.00. The maximum atomic E-state index is 13.1. The zero-order chi connectivity index (χ0) is 21.8. The number of halogens is 2. The molecule has 0 aliphatic carbocycles. The third-order valence-corrected chi connectivity index (χ3v) is 5.69. The van der Waals surface area contributed by atoms with E-state index in [1.807, 2.05) is 23.1 Å². The van der Waals surface area contributed by atoms with Crippen LogP contribution in [0.4, 0.5) is 4.39 Å². The van der Waals surface area contributed by atoms with Gasteiger partial charge in [0, 0.05) is 12.5 Å². The van der Waals surface area contributed by atoms with Gasteiger partial charge in [-0.05, 0) is 37.5 Å². The van der Waals surface area contributed by atoms with Crippen LogP contribution in [0.5, 0.6) is 0 Å². The van der Waals surface area contributed by atoms with Crippen molar-refractivity contribution >= 4 is 11.9 Å². The Kier molecular flexibility index (Phi) is 12.6. The van der Waals surface area contributed by atoms with Crippen molar-refractivity contribution in [1.82, 2.24) is 4.90 Å². The highest BCUT2D eigenvalue weighted by molar-refractivity contribution is 5.87. The lowest BCUT2D eigenvalue weighted by molar-refractivity contribution is -0.926. The van der Waals surface area contributed by atoms with Gasteiger partial charge in [0.25, 0.3) is 0 Å². The van der Waals surface area contributed by atoms with Crippen molar-refractivity contribution in [2.75, 3.05) is 39.8 Å². The van der Waals surface area contributed by atoms with E-state index in [0.29, 0.717) is 6.61 Å². The molecule has 1 aliphatic heterocycles. The van der Waals surface area contributed by atoms with E-state index in [1.54, 1.807) is 6.08 Å². The monoisotopic (exact) mass is 498 g/mol. The van der Waals surface area contributed by atoms with Crippen molar-refractivity contribution in [1.29, 1.82) is 0 Å². The number of amides is 1. The van der Waals surface area contributed by atoms with Crippen molar-refractivity contribution in [2.45, 2.75) is 52.0 Å². The van der Waals surface area contributed by atoms with Crippen LogP contribution in [0.15, 0.2) is 36.4 Å². The first-order valence-electron chi connectivity index (χ1n) is 11.0. The van der Waals surface area contributed by atoms with Crippen molar-refractivity contribution < 1.29 is 40.2 Å². The molecule has 0 aromatic heterocycles. The number of hydrogen-bond acceptors (Lipinski definition) is 3. The van der Waals surface area contributed by atoms with Crippen molar-refractivity contribution in [2.24, 2.45) is 0 Å². The number of ether oxygens (including phenoxy) is 1. The summed E-state index contributed by atoms with van der Waals surface area (Å²) in [4.78, 5) is 25.0. The molecule has 2 rings (SSSR count). The van der Waals surface area contributed by atoms with E-state index in [0.717, 1.165) is 81.3 Å². The summed E-state index contributed by atoms with van der Waals surface area (Å²) >= 11 is 0. The molecule has 1 saturated heterocycles. The Labute approximate surface area is 196 Å². The van der Waals surface area contributed by atoms with Crippen LogP contribution in [0, 0.1) is 5.82 Å². The highest BCUT2D eigenvalue weighted by atomic mass is 79.9. The number of quaternary nitrogens is 1. The third-order valence-electron chi connectivity index (χ3n) is 5.69. The first kappa shape index (κ1) is 27.3. The van der Waals surface area contributed by atoms with Crippen LogP contribution in [0.3, 0.4) is 0 Å². The van der Waals surface area contributed by atoms with Crippen LogP contribution in [-0.4, -0.2) is 61.1 Å². The summed E-state index contributed by atoms with van der Waals surface area (Å²) in [6.45, 7) is 6.13. The number of carbonyl (C=O) groups excluding carboxylic acids is 2. The Bertz CT molecular complexity index is 701. The molecule has 1 aliphatic rings. The van der Waals surface area contributed by atoms with Crippen LogP contribution >= 0.6 is 0 Å². The normalized spacial score (nSPS) is 15.5. The van der Waals surface area contributed by atoms with Crippen molar-refractivity contribution in [3.8, 4) is 0 Å². The zero-order valence-electron chi connectivity index (χ0n) is 18.8. The molecule has 0 atom stereocenters. The van der Waals surface area contributed by atoms with Crippen molar-refractivity contribution in [3.05, 3.63) is 47.8 Å². The first-order valence-corrected chi connectivity index (χ1v) is 11.0. The highest BCUT2D eigenvalue weighted by Gasteiger charge is 2.30. The number of rotatable bonds is 11. The number of piperazine rings is 1. The number of hydrogen-bond donors (Lipinski definition) is 0. The Morgan fingerprint density at radius 3 is 2.32 bits per heavy atom. The van der Waals surface area contributed by atoms with Gasteiger partial charge < -0.3 is 31.1 Å². The van der Waals surface area contributed by atoms with Gasteiger partial charge in [-0.1, -0.05) is 37.5 Å². The SMILES string of the molecule is CC(=O)OCCCCCCC/C=C/C(=O)N1CC[N+](C)(Cc2ccc(F)cc2)CC1.[Br-]. The van der Waals surface area contributed by atoms with Crippen LogP contribution in [0.2, 0.25) is 0 Å². The van der Waals surface area contributed by atoms with Gasteiger partial charge in [-0.25, -0.2) is 4.39 Å². The molecular weight excluding hydrogens is 463 g/mol. The molecule has 1 aromatic carbocycles. The summed E-state index contributed by atoms with van der Waals surface area (Å²) in [6.07, 6.45) is 9.94. The minimum absolute atomic E-state index is 0. The molecule has 1 heterocycles. The summed E-state index contributed by atoms with van der Waals surface area (Å²) in [5, 5.41) is 0. The fourth-order valence-electron chi connectivity index (χ4n) is 3.76. The molecule has 0 bridgehead atoms. The lowest BCUT2D eigenvalue weighted by atomic mass is 10.1. The number of benzene rings is 1. The van der Waals surface area contributed by atoms with E-state index in [1.165, 1.54) is 19.1 Å². The number of likely N-dealkylation sites (N-methyl/N-ethyl adjacent to an activating group) is 1. The minimum atomic E-state index is -0.213. The summed E-state index contributed by atoms with van der Waals surface area (Å²) in [6, 6.07) is 6.71. The van der Waals surface area contributed by atoms with E-state index < -0.39 is 0 Å². The van der Waals surface area contributed by atoms with Gasteiger partial charge >= 0.3 is 5.97 Å². The second-order valence-electron chi connectivity index (χ2n) is 8.48. The van der Waals surface area contributed by atoms with Gasteiger partial charge in [0.1, 0.15) is 12.4 Å². The Morgan fingerprint density at radius 1 is 1.06 bits per heavy atom. The average Bonchev–Trinajstić information content (AvgIpc) is 2.71. The average molecular weight is 499 g/mol. The fourth-order valence-corrected chi connectivity index (χ4v) is 3.76. The van der Waals surface area contributed by atoms with Gasteiger partial charge in [0.2, 0.25) is 5.91 Å². The zero-order valence-corrected chi connectivity index (χ0v) is 20.4. The predicted octanol–water partition coefficient (Wildman–Crippen LogP) is 1.08. The lowest BCUT2D eigenvalue weighted by Gasteiger charge is -2.41. The van der Waals surface area contributed by atoms with Gasteiger partial charge in [-0.2, -0.15) is 0 Å². The molecule has 174 valence electrons. The molecule has 7 heteroatoms. The van der Waals surface area contributed by atoms with Crippen molar-refractivity contribution in [3.63, 3.8) is 0 Å². The van der Waals surface area contributed by atoms with E-state index in [9.17, 15) is 14.0 Å². The fraction of sp³-hybridized carbons (Fsp3) is 0.583. The summed E-state index contributed by atoms with van der Waals surface area (Å²) in [5.41, 5.74) is 1.13. The predicted molar refractivity (Wildman–Crippen MR) is 116 cm³/mol. The van der Waals surface area contributed by atoms with Crippen LogP contribution < -0.4 is 17.0 Å². The number of carbonyl (C=O) groups is 2. The summed E-state index contributed by atoms with van der Waals surface area (Å²) < 4.78 is 18.9. The molecule has 0 spiro atoms. The molecular formula is C24H36BrFN2O3. The highest BCUT2D eigenvalue weighted by Crippen LogP contribution is 2.17. The molecule has 1 fully saturated rings. The minimum Gasteiger partial charge on any atom is -1.00 e. The molecule has 0 radical (unpaired) electrons. The standard InChI is InChI=1S/C24H36FN2O3.BrH/c1-21(28)30-19-9-7-5-3-4-6-8-10-24(29)26-15-17-27(2,18-16-26)20-22-11-13-23(25)14-12-22;/h8,10-14H,3-7,9,15-20H2,1-2H3;1H/q+1;/p-1/b10-8+;. The second-order valence-corrected chi connectivity index (χ2v) is 8.48. The van der Waals surface area contributed by atoms with Gasteiger partial charge in [-0.15, -0.1) is 0 Å². The molecule has 1 aromatic rings.